The summed E-state index contributed by atoms with van der Waals surface area (Å²) in [6, 6.07) is 28.5. The molecule has 0 amide bonds. The maximum Gasteiger partial charge on any atom is 0.199 e. The average molecular weight is 729 g/mol. The van der Waals surface area contributed by atoms with Gasteiger partial charge in [0.15, 0.2) is 46.3 Å². The summed E-state index contributed by atoms with van der Waals surface area (Å²) in [7, 11) is 0. The van der Waals surface area contributed by atoms with Crippen molar-refractivity contribution in [2.24, 2.45) is 0 Å². The summed E-state index contributed by atoms with van der Waals surface area (Å²) in [4.78, 5) is 118. The molecule has 0 saturated heterocycles. The van der Waals surface area contributed by atoms with Gasteiger partial charge in [-0.3, -0.25) is 38.4 Å². The number of ketones is 8. The van der Waals surface area contributed by atoms with Gasteiger partial charge in [-0.25, -0.2) is 0 Å². The van der Waals surface area contributed by atoms with E-state index in [1.54, 1.807) is 60.7 Å². The van der Waals surface area contributed by atoms with Gasteiger partial charge >= 0.3 is 0 Å². The smallest absolute Gasteiger partial charge is 0.199 e. The van der Waals surface area contributed by atoms with Crippen LogP contribution in [0.4, 0.5) is 0 Å². The lowest BCUT2D eigenvalue weighted by molar-refractivity contribution is 0.101. The summed E-state index contributed by atoms with van der Waals surface area (Å²) >= 11 is 0. The van der Waals surface area contributed by atoms with Crippen LogP contribution in [0.15, 0.2) is 109 Å². The van der Waals surface area contributed by atoms with E-state index < -0.39 is 46.3 Å². The molecule has 4 aliphatic rings. The van der Waals surface area contributed by atoms with Gasteiger partial charge in [-0.15, -0.1) is 0 Å². The van der Waals surface area contributed by atoms with Crippen molar-refractivity contribution in [3.8, 4) is 0 Å². The summed E-state index contributed by atoms with van der Waals surface area (Å²) in [6.45, 7) is 0. The van der Waals surface area contributed by atoms with E-state index in [-0.39, 0.29) is 110 Å². The van der Waals surface area contributed by atoms with E-state index in [2.05, 4.69) is 9.97 Å². The third kappa shape index (κ3) is 3.83. The SMILES string of the molecule is O=C1C(=c2[nH]c(=C3C(=O)c4ccccc4C3=O)c3cc4c(=C5C(=O)c6ccccc6C5=O)[nH]c(=C5C(=O)c6ccccc6C5=O)c4cc23)C(=O)c2ccccc21. The van der Waals surface area contributed by atoms with Gasteiger partial charge in [-0.1, -0.05) is 97.1 Å². The van der Waals surface area contributed by atoms with Crippen molar-refractivity contribution in [1.82, 2.24) is 9.97 Å². The number of Topliss-reactive ketones (excluding diaryl/α,β-unsaturated/α-hetero) is 8. The summed E-state index contributed by atoms with van der Waals surface area (Å²) in [6.07, 6.45) is 0. The van der Waals surface area contributed by atoms with E-state index >= 15 is 0 Å². The number of carbonyl (C=O) groups excluding carboxylic acids is 8. The van der Waals surface area contributed by atoms with Crippen LogP contribution in [0.2, 0.25) is 0 Å². The zero-order valence-electron chi connectivity index (χ0n) is 28.7. The second-order valence-corrected chi connectivity index (χ2v) is 14.0. The first-order chi connectivity index (χ1) is 27.2. The van der Waals surface area contributed by atoms with Crippen LogP contribution in [0, 0.1) is 0 Å². The standard InChI is InChI=1S/C46H20N2O8/c49-39-19-9-1-2-10-20(19)40(50)31(39)35-27-17-29-30(18-28(27)36(47-35)32-41(51)21-11-3-4-12-22(21)42(32)52)38(34-45(55)25-15-7-8-16-26(25)46(34)56)48-37(29)33-43(53)23-13-5-6-14-24(23)44(33)54/h1-18,47-48H. The molecular weight excluding hydrogens is 709 g/mol. The van der Waals surface area contributed by atoms with Crippen LogP contribution >= 0.6 is 0 Å². The lowest BCUT2D eigenvalue weighted by Crippen LogP contribution is -2.23. The number of fused-ring (bicyclic) bond motifs is 6. The van der Waals surface area contributed by atoms with Crippen LogP contribution in [0.3, 0.4) is 0 Å². The zero-order valence-corrected chi connectivity index (χ0v) is 28.7. The third-order valence-corrected chi connectivity index (χ3v) is 11.2. The lowest BCUT2D eigenvalue weighted by atomic mass is 10.0. The normalized spacial score (nSPS) is 16.0. The van der Waals surface area contributed by atoms with Crippen LogP contribution in [-0.4, -0.2) is 56.2 Å². The maximum atomic E-state index is 14.0. The first-order valence-corrected chi connectivity index (χ1v) is 17.6. The Morgan fingerprint density at radius 1 is 0.250 bits per heavy atom. The molecule has 0 bridgehead atoms. The molecule has 0 unspecified atom stereocenters. The van der Waals surface area contributed by atoms with Gasteiger partial charge in [0, 0.05) is 66.1 Å². The molecule has 2 N–H and O–H groups in total. The molecule has 0 aliphatic heterocycles. The number of hydrogen-bond donors (Lipinski definition) is 2. The Labute approximate surface area is 312 Å². The van der Waals surface area contributed by atoms with Crippen molar-refractivity contribution in [1.29, 1.82) is 0 Å². The zero-order chi connectivity index (χ0) is 38.3. The molecule has 2 heterocycles. The Morgan fingerprint density at radius 3 is 0.571 bits per heavy atom. The number of benzene rings is 5. The van der Waals surface area contributed by atoms with Crippen LogP contribution < -0.4 is 21.4 Å². The molecule has 11 rings (SSSR count). The molecule has 0 radical (unpaired) electrons. The third-order valence-electron chi connectivity index (χ3n) is 11.2. The van der Waals surface area contributed by atoms with Crippen molar-refractivity contribution < 1.29 is 38.4 Å². The van der Waals surface area contributed by atoms with E-state index in [0.29, 0.717) is 0 Å². The molecule has 0 spiro atoms. The van der Waals surface area contributed by atoms with Crippen molar-refractivity contribution >= 4 is 90.1 Å². The largest absolute Gasteiger partial charge is 0.353 e. The van der Waals surface area contributed by atoms with E-state index in [1.807, 2.05) is 0 Å². The number of carbonyl (C=O) groups is 8. The lowest BCUT2D eigenvalue weighted by Gasteiger charge is -1.98. The predicted molar refractivity (Wildman–Crippen MR) is 203 cm³/mol. The van der Waals surface area contributed by atoms with Crippen LogP contribution in [0.1, 0.15) is 82.9 Å². The first-order valence-electron chi connectivity index (χ1n) is 17.6. The molecule has 2 aromatic heterocycles. The highest BCUT2D eigenvalue weighted by Gasteiger charge is 2.39. The van der Waals surface area contributed by atoms with Crippen LogP contribution in [0.25, 0.3) is 43.8 Å². The predicted octanol–water partition coefficient (Wildman–Crippen LogP) is 3.57. The molecule has 262 valence electrons. The van der Waals surface area contributed by atoms with E-state index in [0.717, 1.165) is 0 Å². The van der Waals surface area contributed by atoms with Gasteiger partial charge in [0.05, 0.1) is 43.7 Å². The Kier molecular flexibility index (Phi) is 6.08. The van der Waals surface area contributed by atoms with Crippen molar-refractivity contribution in [2.75, 3.05) is 0 Å². The number of hydrogen-bond acceptors (Lipinski definition) is 8. The van der Waals surface area contributed by atoms with Gasteiger partial charge in [0.25, 0.3) is 0 Å². The van der Waals surface area contributed by atoms with E-state index in [9.17, 15) is 38.4 Å². The minimum Gasteiger partial charge on any atom is -0.353 e. The van der Waals surface area contributed by atoms with Gasteiger partial charge in [0.2, 0.25) is 0 Å². The van der Waals surface area contributed by atoms with Crippen molar-refractivity contribution in [2.45, 2.75) is 0 Å². The monoisotopic (exact) mass is 728 g/mol. The Bertz CT molecular complexity index is 2910. The molecule has 5 aromatic carbocycles. The number of H-pyrrole nitrogens is 2. The minimum atomic E-state index is -0.575. The molecule has 7 aromatic rings. The fraction of sp³-hybridized carbons (Fsp3) is 0. The summed E-state index contributed by atoms with van der Waals surface area (Å²) in [5.41, 5.74) is 0.536. The number of rotatable bonds is 0. The fourth-order valence-corrected chi connectivity index (χ4v) is 8.65. The molecule has 0 atom stereocenters. The highest BCUT2D eigenvalue weighted by Crippen LogP contribution is 2.32. The first kappa shape index (κ1) is 31.5. The van der Waals surface area contributed by atoms with Crippen LogP contribution in [-0.2, 0) is 0 Å². The van der Waals surface area contributed by atoms with E-state index in [1.165, 1.54) is 48.5 Å². The number of nitrogens with one attached hydrogen (secondary N) is 2. The topological polar surface area (TPSA) is 168 Å². The Morgan fingerprint density at radius 2 is 0.411 bits per heavy atom. The fourth-order valence-electron chi connectivity index (χ4n) is 8.65. The molecule has 0 saturated carbocycles. The highest BCUT2D eigenvalue weighted by atomic mass is 16.2. The molecule has 10 nitrogen and oxygen atoms in total. The second kappa shape index (κ2) is 10.8. The van der Waals surface area contributed by atoms with Gasteiger partial charge < -0.3 is 9.97 Å². The molecule has 4 aliphatic carbocycles. The average Bonchev–Trinajstić information content (AvgIpc) is 4.01. The Balaban J connectivity index is 1.36. The molecule has 0 fully saturated rings. The molecule has 10 heteroatoms. The van der Waals surface area contributed by atoms with Crippen molar-refractivity contribution in [3.05, 3.63) is 175 Å². The summed E-state index contributed by atoms with van der Waals surface area (Å²) < 4.78 is 0. The summed E-state index contributed by atoms with van der Waals surface area (Å²) in [5.74, 6) is -4.60. The number of aromatic nitrogens is 2. The minimum absolute atomic E-state index is 0.0197. The van der Waals surface area contributed by atoms with Gasteiger partial charge in [-0.05, 0) is 12.1 Å². The molecular formula is C46H20N2O8. The maximum absolute atomic E-state index is 14.0. The molecule has 56 heavy (non-hydrogen) atoms. The summed E-state index contributed by atoms with van der Waals surface area (Å²) in [5, 5.41) is 0.972. The quantitative estimate of drug-likeness (QED) is 0.239. The van der Waals surface area contributed by atoms with Crippen molar-refractivity contribution in [3.63, 3.8) is 0 Å². The van der Waals surface area contributed by atoms with Gasteiger partial charge in [0.1, 0.15) is 0 Å². The van der Waals surface area contributed by atoms with Gasteiger partial charge in [-0.2, -0.15) is 0 Å². The highest BCUT2D eigenvalue weighted by molar-refractivity contribution is 6.59. The number of aromatic amines is 2. The Hall–Kier alpha value is -7.98. The second-order valence-electron chi connectivity index (χ2n) is 14.0. The van der Waals surface area contributed by atoms with Crippen LogP contribution in [0.5, 0.6) is 0 Å². The van der Waals surface area contributed by atoms with E-state index in [4.69, 9.17) is 0 Å².